The molecule has 2 amide bonds. The van der Waals surface area contributed by atoms with Gasteiger partial charge in [-0.1, -0.05) is 0 Å². The second kappa shape index (κ2) is 6.42. The highest BCUT2D eigenvalue weighted by molar-refractivity contribution is 5.95. The average molecular weight is 307 g/mol. The first kappa shape index (κ1) is 15.7. The zero-order valence-electron chi connectivity index (χ0n) is 12.4. The Morgan fingerprint density at radius 3 is 2.27 bits per heavy atom. The lowest BCUT2D eigenvalue weighted by Crippen LogP contribution is -2.50. The van der Waals surface area contributed by atoms with Crippen molar-refractivity contribution in [3.8, 4) is 5.75 Å². The van der Waals surface area contributed by atoms with Gasteiger partial charge in [0.15, 0.2) is 5.75 Å². The monoisotopic (exact) mass is 307 g/mol. The summed E-state index contributed by atoms with van der Waals surface area (Å²) in [6, 6.07) is 4.14. The van der Waals surface area contributed by atoms with Crippen LogP contribution in [0.25, 0.3) is 0 Å². The van der Waals surface area contributed by atoms with E-state index < -0.39 is 4.92 Å². The van der Waals surface area contributed by atoms with E-state index in [1.807, 2.05) is 0 Å². The van der Waals surface area contributed by atoms with E-state index in [4.69, 9.17) is 4.74 Å². The van der Waals surface area contributed by atoms with E-state index >= 15 is 0 Å². The highest BCUT2D eigenvalue weighted by atomic mass is 16.6. The maximum Gasteiger partial charge on any atom is 0.311 e. The van der Waals surface area contributed by atoms with Crippen LogP contribution in [0, 0.1) is 10.1 Å². The van der Waals surface area contributed by atoms with E-state index in [-0.39, 0.29) is 28.8 Å². The number of benzene rings is 1. The number of piperazine rings is 1. The summed E-state index contributed by atoms with van der Waals surface area (Å²) in [6.07, 6.45) is 0. The SMILES string of the molecule is COc1ccc(C(=O)N2CCN(C(C)=O)CC2)cc1[N+](=O)[O-]. The largest absolute Gasteiger partial charge is 0.490 e. The third-order valence-corrected chi connectivity index (χ3v) is 3.63. The molecule has 1 aromatic carbocycles. The number of nitro benzene ring substituents is 1. The number of amides is 2. The van der Waals surface area contributed by atoms with Crippen molar-refractivity contribution in [1.29, 1.82) is 0 Å². The molecule has 22 heavy (non-hydrogen) atoms. The highest BCUT2D eigenvalue weighted by Gasteiger charge is 2.25. The Bertz CT molecular complexity index is 608. The van der Waals surface area contributed by atoms with Crippen LogP contribution in [0.2, 0.25) is 0 Å². The third-order valence-electron chi connectivity index (χ3n) is 3.63. The van der Waals surface area contributed by atoms with Crippen LogP contribution in [-0.2, 0) is 4.79 Å². The van der Waals surface area contributed by atoms with E-state index in [2.05, 4.69) is 0 Å². The Labute approximate surface area is 127 Å². The van der Waals surface area contributed by atoms with Crippen LogP contribution in [-0.4, -0.2) is 59.8 Å². The molecule has 0 atom stereocenters. The van der Waals surface area contributed by atoms with Gasteiger partial charge in [0.1, 0.15) is 0 Å². The summed E-state index contributed by atoms with van der Waals surface area (Å²) in [5, 5.41) is 11.0. The minimum absolute atomic E-state index is 0.0211. The van der Waals surface area contributed by atoms with Crippen molar-refractivity contribution < 1.29 is 19.2 Å². The highest BCUT2D eigenvalue weighted by Crippen LogP contribution is 2.28. The zero-order valence-corrected chi connectivity index (χ0v) is 12.4. The Balaban J connectivity index is 2.15. The van der Waals surface area contributed by atoms with Gasteiger partial charge < -0.3 is 14.5 Å². The first-order valence-corrected chi connectivity index (χ1v) is 6.81. The smallest absolute Gasteiger partial charge is 0.311 e. The van der Waals surface area contributed by atoms with Gasteiger partial charge in [-0.15, -0.1) is 0 Å². The Kier molecular flexibility index (Phi) is 4.59. The molecule has 2 rings (SSSR count). The van der Waals surface area contributed by atoms with Gasteiger partial charge in [-0.05, 0) is 12.1 Å². The Hall–Kier alpha value is -2.64. The standard InChI is InChI=1S/C14H17N3O5/c1-10(18)15-5-7-16(8-6-15)14(19)11-3-4-13(22-2)12(9-11)17(20)21/h3-4,9H,5-8H2,1-2H3. The van der Waals surface area contributed by atoms with Crippen molar-refractivity contribution in [2.45, 2.75) is 6.92 Å². The van der Waals surface area contributed by atoms with E-state index in [1.165, 1.54) is 32.2 Å². The van der Waals surface area contributed by atoms with E-state index in [0.29, 0.717) is 26.2 Å². The first-order valence-electron chi connectivity index (χ1n) is 6.81. The molecule has 1 fully saturated rings. The van der Waals surface area contributed by atoms with Crippen LogP contribution in [0.15, 0.2) is 18.2 Å². The van der Waals surface area contributed by atoms with Crippen LogP contribution in [0.4, 0.5) is 5.69 Å². The summed E-state index contributed by atoms with van der Waals surface area (Å²) in [6.45, 7) is 3.26. The fraction of sp³-hybridized carbons (Fsp3) is 0.429. The quantitative estimate of drug-likeness (QED) is 0.611. The molecule has 1 aliphatic heterocycles. The molecule has 0 spiro atoms. The molecule has 0 unspecified atom stereocenters. The van der Waals surface area contributed by atoms with Gasteiger partial charge in [0, 0.05) is 44.7 Å². The maximum absolute atomic E-state index is 12.4. The van der Waals surface area contributed by atoms with Gasteiger partial charge in [-0.3, -0.25) is 19.7 Å². The third kappa shape index (κ3) is 3.16. The van der Waals surface area contributed by atoms with Gasteiger partial charge in [0.05, 0.1) is 12.0 Å². The second-order valence-electron chi connectivity index (χ2n) is 4.94. The summed E-state index contributed by atoms with van der Waals surface area (Å²) < 4.78 is 4.92. The lowest BCUT2D eigenvalue weighted by Gasteiger charge is -2.34. The number of methoxy groups -OCH3 is 1. The number of ether oxygens (including phenoxy) is 1. The number of rotatable bonds is 3. The van der Waals surface area contributed by atoms with Crippen molar-refractivity contribution in [1.82, 2.24) is 9.80 Å². The molecule has 1 aromatic rings. The normalized spacial score (nSPS) is 14.6. The molecule has 0 radical (unpaired) electrons. The van der Waals surface area contributed by atoms with Crippen LogP contribution in [0.1, 0.15) is 17.3 Å². The number of hydrogen-bond acceptors (Lipinski definition) is 5. The predicted octanol–water partition coefficient (Wildman–Crippen LogP) is 0.908. The fourth-order valence-corrected chi connectivity index (χ4v) is 2.37. The van der Waals surface area contributed by atoms with Gasteiger partial charge in [0.2, 0.25) is 5.91 Å². The molecule has 118 valence electrons. The van der Waals surface area contributed by atoms with Crippen LogP contribution in [0.3, 0.4) is 0 Å². The van der Waals surface area contributed by atoms with Crippen LogP contribution >= 0.6 is 0 Å². The zero-order chi connectivity index (χ0) is 16.3. The van der Waals surface area contributed by atoms with Crippen molar-refractivity contribution in [2.24, 2.45) is 0 Å². The molecule has 0 bridgehead atoms. The summed E-state index contributed by atoms with van der Waals surface area (Å²) in [5.74, 6) is -0.191. The molecule has 8 heteroatoms. The number of carbonyl (C=O) groups excluding carboxylic acids is 2. The summed E-state index contributed by atoms with van der Waals surface area (Å²) in [7, 11) is 1.34. The molecular weight excluding hydrogens is 290 g/mol. The molecule has 1 heterocycles. The molecule has 0 saturated carbocycles. The predicted molar refractivity (Wildman–Crippen MR) is 77.8 cm³/mol. The van der Waals surface area contributed by atoms with Gasteiger partial charge in [-0.2, -0.15) is 0 Å². The number of hydrogen-bond donors (Lipinski definition) is 0. The molecule has 0 N–H and O–H groups in total. The minimum Gasteiger partial charge on any atom is -0.490 e. The average Bonchev–Trinajstić information content (AvgIpc) is 2.53. The Morgan fingerprint density at radius 1 is 1.18 bits per heavy atom. The lowest BCUT2D eigenvalue weighted by molar-refractivity contribution is -0.385. The number of nitrogens with zero attached hydrogens (tertiary/aromatic N) is 3. The Morgan fingerprint density at radius 2 is 1.77 bits per heavy atom. The topological polar surface area (TPSA) is 93.0 Å². The maximum atomic E-state index is 12.4. The molecule has 8 nitrogen and oxygen atoms in total. The lowest BCUT2D eigenvalue weighted by atomic mass is 10.1. The molecule has 1 aliphatic rings. The minimum atomic E-state index is -0.580. The summed E-state index contributed by atoms with van der Waals surface area (Å²) in [4.78, 5) is 37.4. The molecule has 1 saturated heterocycles. The van der Waals surface area contributed by atoms with Gasteiger partial charge in [-0.25, -0.2) is 0 Å². The molecular formula is C14H17N3O5. The van der Waals surface area contributed by atoms with Crippen LogP contribution < -0.4 is 4.74 Å². The van der Waals surface area contributed by atoms with E-state index in [9.17, 15) is 19.7 Å². The number of carbonyl (C=O) groups is 2. The van der Waals surface area contributed by atoms with Gasteiger partial charge in [0.25, 0.3) is 5.91 Å². The van der Waals surface area contributed by atoms with Crippen molar-refractivity contribution in [3.05, 3.63) is 33.9 Å². The van der Waals surface area contributed by atoms with Crippen molar-refractivity contribution in [3.63, 3.8) is 0 Å². The second-order valence-corrected chi connectivity index (χ2v) is 4.94. The van der Waals surface area contributed by atoms with E-state index in [1.54, 1.807) is 9.80 Å². The summed E-state index contributed by atoms with van der Waals surface area (Å²) in [5.41, 5.74) is -0.000466. The van der Waals surface area contributed by atoms with Crippen LogP contribution in [0.5, 0.6) is 5.75 Å². The van der Waals surface area contributed by atoms with Crippen molar-refractivity contribution in [2.75, 3.05) is 33.3 Å². The van der Waals surface area contributed by atoms with Crippen molar-refractivity contribution >= 4 is 17.5 Å². The molecule has 0 aromatic heterocycles. The van der Waals surface area contributed by atoms with Gasteiger partial charge >= 0.3 is 5.69 Å². The first-order chi connectivity index (χ1) is 10.4. The number of nitro groups is 1. The van der Waals surface area contributed by atoms with E-state index in [0.717, 1.165) is 0 Å². The molecule has 0 aliphatic carbocycles. The summed E-state index contributed by atoms with van der Waals surface area (Å²) >= 11 is 0. The fourth-order valence-electron chi connectivity index (χ4n) is 2.37.